The Morgan fingerprint density at radius 1 is 1.04 bits per heavy atom. The average Bonchev–Trinajstić information content (AvgIpc) is 3.24. The lowest BCUT2D eigenvalue weighted by molar-refractivity contribution is 0.384. The molecule has 4 rings (SSSR count). The van der Waals surface area contributed by atoms with E-state index in [2.05, 4.69) is 41.3 Å². The number of nitrogens with zero attached hydrogens (tertiary/aromatic N) is 7. The summed E-state index contributed by atoms with van der Waals surface area (Å²) in [7, 11) is -3.59. The number of hydrogen-bond acceptors (Lipinski definition) is 7. The minimum atomic E-state index is -3.59. The maximum Gasteiger partial charge on any atom is 0.243 e. The molecule has 3 aromatic rings. The summed E-state index contributed by atoms with van der Waals surface area (Å²) in [6, 6.07) is 10.5. The van der Waals surface area contributed by atoms with Crippen LogP contribution in [0.5, 0.6) is 0 Å². The highest BCUT2D eigenvalue weighted by Crippen LogP contribution is 2.22. The van der Waals surface area contributed by atoms with Crippen LogP contribution in [-0.2, 0) is 10.0 Å². The number of sulfonamides is 1. The quantitative estimate of drug-likeness (QED) is 0.592. The maximum atomic E-state index is 13.0. The standard InChI is InChI=1S/C16H16BrN7O2S/c17-13-4-5-16(18-11-13)22-6-8-23(9-7-22)27(25,26)15-3-1-2-14(10-15)24-12-19-20-21-24/h1-5,10-12H,6-9H2. The van der Waals surface area contributed by atoms with Gasteiger partial charge in [-0.2, -0.15) is 4.31 Å². The molecule has 0 spiro atoms. The van der Waals surface area contributed by atoms with Crippen molar-refractivity contribution in [2.45, 2.75) is 4.90 Å². The number of hydrogen-bond donors (Lipinski definition) is 0. The number of tetrazole rings is 1. The first-order valence-corrected chi connectivity index (χ1v) is 10.5. The zero-order valence-electron chi connectivity index (χ0n) is 14.2. The van der Waals surface area contributed by atoms with Gasteiger partial charge in [-0.25, -0.2) is 18.1 Å². The molecule has 0 saturated carbocycles. The van der Waals surface area contributed by atoms with Crippen LogP contribution in [0, 0.1) is 0 Å². The van der Waals surface area contributed by atoms with Gasteiger partial charge in [0.25, 0.3) is 0 Å². The van der Waals surface area contributed by atoms with Crippen LogP contribution < -0.4 is 4.90 Å². The molecule has 0 atom stereocenters. The Balaban J connectivity index is 1.50. The van der Waals surface area contributed by atoms with E-state index in [-0.39, 0.29) is 4.90 Å². The molecule has 0 radical (unpaired) electrons. The van der Waals surface area contributed by atoms with E-state index in [1.165, 1.54) is 15.3 Å². The SMILES string of the molecule is O=S(=O)(c1cccc(-n2cnnn2)c1)N1CCN(c2ccc(Br)cn2)CC1. The van der Waals surface area contributed by atoms with Gasteiger partial charge < -0.3 is 4.90 Å². The molecule has 0 unspecified atom stereocenters. The molecule has 27 heavy (non-hydrogen) atoms. The van der Waals surface area contributed by atoms with Crippen LogP contribution in [0.2, 0.25) is 0 Å². The first kappa shape index (κ1) is 18.0. The fourth-order valence-corrected chi connectivity index (χ4v) is 4.62. The zero-order chi connectivity index (χ0) is 18.9. The van der Waals surface area contributed by atoms with Crippen LogP contribution in [0.3, 0.4) is 0 Å². The zero-order valence-corrected chi connectivity index (χ0v) is 16.6. The van der Waals surface area contributed by atoms with Crippen molar-refractivity contribution >= 4 is 31.8 Å². The number of aromatic nitrogens is 5. The van der Waals surface area contributed by atoms with Crippen LogP contribution in [0.25, 0.3) is 5.69 Å². The molecule has 2 aromatic heterocycles. The van der Waals surface area contributed by atoms with E-state index < -0.39 is 10.0 Å². The van der Waals surface area contributed by atoms with Crippen molar-refractivity contribution < 1.29 is 8.42 Å². The van der Waals surface area contributed by atoms with Gasteiger partial charge in [0, 0.05) is 36.8 Å². The van der Waals surface area contributed by atoms with Crippen LogP contribution in [0.1, 0.15) is 0 Å². The van der Waals surface area contributed by atoms with Gasteiger partial charge in [-0.05, 0) is 56.7 Å². The molecule has 1 fully saturated rings. The van der Waals surface area contributed by atoms with Crippen molar-refractivity contribution in [1.82, 2.24) is 29.5 Å². The molecule has 1 aliphatic rings. The summed E-state index contributed by atoms with van der Waals surface area (Å²) in [5.41, 5.74) is 0.596. The largest absolute Gasteiger partial charge is 0.354 e. The monoisotopic (exact) mass is 449 g/mol. The Morgan fingerprint density at radius 3 is 2.52 bits per heavy atom. The molecule has 11 heteroatoms. The van der Waals surface area contributed by atoms with Gasteiger partial charge in [0.15, 0.2) is 0 Å². The molecule has 0 N–H and O–H groups in total. The number of piperazine rings is 1. The highest BCUT2D eigenvalue weighted by molar-refractivity contribution is 9.10. The molecule has 0 aliphatic carbocycles. The third-order valence-electron chi connectivity index (χ3n) is 4.34. The summed E-state index contributed by atoms with van der Waals surface area (Å²) in [6.07, 6.45) is 3.17. The molecule has 0 amide bonds. The van der Waals surface area contributed by atoms with Gasteiger partial charge in [0.2, 0.25) is 10.0 Å². The lowest BCUT2D eigenvalue weighted by Crippen LogP contribution is -2.48. The number of rotatable bonds is 4. The third kappa shape index (κ3) is 3.70. The van der Waals surface area contributed by atoms with Crippen LogP contribution >= 0.6 is 15.9 Å². The third-order valence-corrected chi connectivity index (χ3v) is 6.71. The predicted octanol–water partition coefficient (Wildman–Crippen LogP) is 1.33. The molecule has 3 heterocycles. The summed E-state index contributed by atoms with van der Waals surface area (Å²) >= 11 is 3.37. The molecule has 1 saturated heterocycles. The Bertz CT molecular complexity index is 1020. The van der Waals surface area contributed by atoms with Crippen molar-refractivity contribution in [3.05, 3.63) is 53.4 Å². The van der Waals surface area contributed by atoms with E-state index in [4.69, 9.17) is 0 Å². The fraction of sp³-hybridized carbons (Fsp3) is 0.250. The fourth-order valence-electron chi connectivity index (χ4n) is 2.93. The first-order valence-electron chi connectivity index (χ1n) is 8.24. The molecular formula is C16H16BrN7O2S. The normalized spacial score (nSPS) is 15.8. The Hall–Kier alpha value is -2.37. The topological polar surface area (TPSA) is 97.1 Å². The van der Waals surface area contributed by atoms with Gasteiger partial charge in [-0.15, -0.1) is 5.10 Å². The molecular weight excluding hydrogens is 434 g/mol. The second-order valence-corrected chi connectivity index (χ2v) is 8.83. The van der Waals surface area contributed by atoms with E-state index in [0.717, 1.165) is 10.3 Å². The Morgan fingerprint density at radius 2 is 1.85 bits per heavy atom. The van der Waals surface area contributed by atoms with Gasteiger partial charge in [0.05, 0.1) is 10.6 Å². The Labute approximate surface area is 164 Å². The molecule has 9 nitrogen and oxygen atoms in total. The summed E-state index contributed by atoms with van der Waals surface area (Å²) in [4.78, 5) is 6.68. The van der Waals surface area contributed by atoms with E-state index in [1.54, 1.807) is 30.5 Å². The smallest absolute Gasteiger partial charge is 0.243 e. The number of benzene rings is 1. The van der Waals surface area contributed by atoms with Gasteiger partial charge in [-0.1, -0.05) is 6.07 Å². The van der Waals surface area contributed by atoms with Crippen molar-refractivity contribution in [1.29, 1.82) is 0 Å². The van der Waals surface area contributed by atoms with E-state index in [9.17, 15) is 8.42 Å². The highest BCUT2D eigenvalue weighted by atomic mass is 79.9. The number of anilines is 1. The first-order chi connectivity index (χ1) is 13.0. The number of pyridine rings is 1. The minimum Gasteiger partial charge on any atom is -0.354 e. The number of halogens is 1. The van der Waals surface area contributed by atoms with E-state index in [1.807, 2.05) is 12.1 Å². The summed E-state index contributed by atoms with van der Waals surface area (Å²) in [5, 5.41) is 11.0. The van der Waals surface area contributed by atoms with Crippen LogP contribution in [-0.4, -0.2) is 64.1 Å². The van der Waals surface area contributed by atoms with Gasteiger partial charge >= 0.3 is 0 Å². The predicted molar refractivity (Wildman–Crippen MR) is 102 cm³/mol. The van der Waals surface area contributed by atoms with Crippen molar-refractivity contribution in [3.8, 4) is 5.69 Å². The Kier molecular flexibility index (Phi) is 4.89. The van der Waals surface area contributed by atoms with Crippen molar-refractivity contribution in [2.24, 2.45) is 0 Å². The second kappa shape index (κ2) is 7.33. The van der Waals surface area contributed by atoms with Crippen molar-refractivity contribution in [2.75, 3.05) is 31.1 Å². The lowest BCUT2D eigenvalue weighted by Gasteiger charge is -2.34. The van der Waals surface area contributed by atoms with Gasteiger partial charge in [0.1, 0.15) is 12.1 Å². The lowest BCUT2D eigenvalue weighted by atomic mass is 10.3. The summed E-state index contributed by atoms with van der Waals surface area (Å²) < 4.78 is 29.9. The highest BCUT2D eigenvalue weighted by Gasteiger charge is 2.29. The minimum absolute atomic E-state index is 0.228. The second-order valence-electron chi connectivity index (χ2n) is 5.98. The molecule has 140 valence electrons. The van der Waals surface area contributed by atoms with Crippen LogP contribution in [0.15, 0.2) is 58.3 Å². The van der Waals surface area contributed by atoms with E-state index in [0.29, 0.717) is 31.9 Å². The molecule has 1 aromatic carbocycles. The maximum absolute atomic E-state index is 13.0. The van der Waals surface area contributed by atoms with Crippen LogP contribution in [0.4, 0.5) is 5.82 Å². The average molecular weight is 450 g/mol. The molecule has 0 bridgehead atoms. The summed E-state index contributed by atoms with van der Waals surface area (Å²) in [6.45, 7) is 1.96. The van der Waals surface area contributed by atoms with E-state index >= 15 is 0 Å². The van der Waals surface area contributed by atoms with Gasteiger partial charge in [-0.3, -0.25) is 0 Å². The molecule has 1 aliphatic heterocycles. The summed E-state index contributed by atoms with van der Waals surface area (Å²) in [5.74, 6) is 0.843. The van der Waals surface area contributed by atoms with Crippen molar-refractivity contribution in [3.63, 3.8) is 0 Å².